The summed E-state index contributed by atoms with van der Waals surface area (Å²) in [7, 11) is 0. The fourth-order valence-corrected chi connectivity index (χ4v) is 3.20. The van der Waals surface area contributed by atoms with E-state index >= 15 is 0 Å². The number of hydrogen-bond acceptors (Lipinski definition) is 5. The van der Waals surface area contributed by atoms with Gasteiger partial charge in [-0.25, -0.2) is 4.79 Å². The number of imide groups is 1. The molecule has 0 atom stereocenters. The van der Waals surface area contributed by atoms with Crippen LogP contribution in [0.25, 0.3) is 0 Å². The number of anilines is 1. The van der Waals surface area contributed by atoms with Crippen molar-refractivity contribution in [2.45, 2.75) is 32.7 Å². The number of pyridine rings is 1. The van der Waals surface area contributed by atoms with Crippen molar-refractivity contribution in [2.24, 2.45) is 0 Å². The first-order valence-corrected chi connectivity index (χ1v) is 8.37. The van der Waals surface area contributed by atoms with Crippen molar-refractivity contribution in [3.8, 4) is 0 Å². The number of nitrogens with zero attached hydrogens (tertiary/aromatic N) is 3. The predicted octanol–water partition coefficient (Wildman–Crippen LogP) is 1.08. The molecule has 134 valence electrons. The number of morpholine rings is 1. The minimum Gasteiger partial charge on any atom is -0.362 e. The zero-order valence-electron chi connectivity index (χ0n) is 14.4. The van der Waals surface area contributed by atoms with E-state index in [-0.39, 0.29) is 37.1 Å². The van der Waals surface area contributed by atoms with Crippen molar-refractivity contribution in [1.29, 1.82) is 0 Å². The van der Waals surface area contributed by atoms with Gasteiger partial charge in [0.1, 0.15) is 13.2 Å². The molecule has 25 heavy (non-hydrogen) atoms. The fourth-order valence-electron chi connectivity index (χ4n) is 3.20. The van der Waals surface area contributed by atoms with Gasteiger partial charge in [-0.3, -0.25) is 19.5 Å². The molecule has 1 N–H and O–H groups in total. The molecule has 4 amide bonds. The number of amides is 4. The summed E-state index contributed by atoms with van der Waals surface area (Å²) in [5.74, 6) is -0.582. The van der Waals surface area contributed by atoms with Crippen molar-refractivity contribution in [3.05, 3.63) is 23.5 Å². The number of aryl methyl sites for hydroxylation is 2. The first-order valence-electron chi connectivity index (χ1n) is 8.37. The zero-order valence-corrected chi connectivity index (χ0v) is 14.4. The molecule has 0 bridgehead atoms. The molecule has 8 heteroatoms. The van der Waals surface area contributed by atoms with E-state index in [2.05, 4.69) is 10.3 Å². The lowest BCUT2D eigenvalue weighted by molar-refractivity contribution is -0.162. The normalized spacial score (nSPS) is 19.3. The van der Waals surface area contributed by atoms with E-state index in [1.165, 1.54) is 4.90 Å². The van der Waals surface area contributed by atoms with Gasteiger partial charge in [-0.1, -0.05) is 0 Å². The van der Waals surface area contributed by atoms with Gasteiger partial charge in [-0.2, -0.15) is 0 Å². The maximum absolute atomic E-state index is 12.5. The predicted molar refractivity (Wildman–Crippen MR) is 90.0 cm³/mol. The molecule has 1 aromatic rings. The van der Waals surface area contributed by atoms with Gasteiger partial charge >= 0.3 is 6.03 Å². The Hall–Kier alpha value is -2.48. The minimum atomic E-state index is -0.291. The van der Waals surface area contributed by atoms with Gasteiger partial charge in [0, 0.05) is 25.3 Å². The molecule has 2 aliphatic rings. The summed E-state index contributed by atoms with van der Waals surface area (Å²) in [5.41, 5.74) is 2.44. The minimum absolute atomic E-state index is 0.0495. The molecule has 0 aromatic carbocycles. The van der Waals surface area contributed by atoms with Crippen molar-refractivity contribution in [3.63, 3.8) is 0 Å². The van der Waals surface area contributed by atoms with Gasteiger partial charge in [0.2, 0.25) is 0 Å². The summed E-state index contributed by atoms with van der Waals surface area (Å²) in [6.45, 7) is 4.65. The molecule has 0 aliphatic carbocycles. The monoisotopic (exact) mass is 346 g/mol. The lowest BCUT2D eigenvalue weighted by Crippen LogP contribution is -2.55. The highest BCUT2D eigenvalue weighted by molar-refractivity contribution is 5.98. The van der Waals surface area contributed by atoms with Crippen LogP contribution in [0, 0.1) is 13.8 Å². The van der Waals surface area contributed by atoms with Crippen LogP contribution in [0.2, 0.25) is 0 Å². The topological polar surface area (TPSA) is 91.8 Å². The molecular weight excluding hydrogens is 324 g/mol. The van der Waals surface area contributed by atoms with Crippen LogP contribution in [0.4, 0.5) is 10.5 Å². The molecule has 0 saturated carbocycles. The van der Waals surface area contributed by atoms with Crippen LogP contribution in [0.1, 0.15) is 24.1 Å². The SMILES string of the molecule is Cc1cnc(C)c(NC(=O)N2CCC(N3C(=O)COCC3=O)CC2)c1. The Bertz CT molecular complexity index is 682. The second kappa shape index (κ2) is 7.18. The maximum atomic E-state index is 12.5. The highest BCUT2D eigenvalue weighted by Crippen LogP contribution is 2.21. The summed E-state index contributed by atoms with van der Waals surface area (Å²) in [6, 6.07) is 1.54. The molecule has 1 aromatic heterocycles. The molecule has 0 spiro atoms. The number of carbonyl (C=O) groups is 3. The molecule has 3 rings (SSSR count). The number of aromatic nitrogens is 1. The standard InChI is InChI=1S/C17H22N4O4/c1-11-7-14(12(2)18-8-11)19-17(24)20-5-3-13(4-6-20)21-15(22)9-25-10-16(21)23/h7-8,13H,3-6,9-10H2,1-2H3,(H,19,24). The molecule has 2 saturated heterocycles. The summed E-state index contributed by atoms with van der Waals surface area (Å²) in [4.78, 5) is 43.5. The number of piperidine rings is 1. The van der Waals surface area contributed by atoms with Crippen molar-refractivity contribution in [2.75, 3.05) is 31.6 Å². The average Bonchev–Trinajstić information content (AvgIpc) is 2.58. The van der Waals surface area contributed by atoms with E-state index in [0.717, 1.165) is 11.3 Å². The zero-order chi connectivity index (χ0) is 18.0. The second-order valence-corrected chi connectivity index (χ2v) is 6.44. The number of nitrogens with one attached hydrogen (secondary N) is 1. The Kier molecular flexibility index (Phi) is 4.98. The van der Waals surface area contributed by atoms with E-state index in [1.54, 1.807) is 11.1 Å². The van der Waals surface area contributed by atoms with Crippen molar-refractivity contribution >= 4 is 23.5 Å². The fraction of sp³-hybridized carbons (Fsp3) is 0.529. The highest BCUT2D eigenvalue weighted by Gasteiger charge is 2.35. The highest BCUT2D eigenvalue weighted by atomic mass is 16.5. The van der Waals surface area contributed by atoms with Gasteiger partial charge in [0.25, 0.3) is 11.8 Å². The van der Waals surface area contributed by atoms with E-state index in [9.17, 15) is 14.4 Å². The van der Waals surface area contributed by atoms with E-state index in [1.807, 2.05) is 19.9 Å². The third-order valence-corrected chi connectivity index (χ3v) is 4.57. The Labute approximate surface area is 146 Å². The van der Waals surface area contributed by atoms with Gasteiger partial charge in [-0.05, 0) is 38.3 Å². The van der Waals surface area contributed by atoms with Gasteiger partial charge in [0.05, 0.1) is 11.4 Å². The summed E-state index contributed by atoms with van der Waals surface area (Å²) < 4.78 is 4.94. The third kappa shape index (κ3) is 3.79. The van der Waals surface area contributed by atoms with Gasteiger partial charge in [0.15, 0.2) is 0 Å². The lowest BCUT2D eigenvalue weighted by Gasteiger charge is -2.38. The number of likely N-dealkylation sites (tertiary alicyclic amines) is 1. The Balaban J connectivity index is 1.58. The number of urea groups is 1. The van der Waals surface area contributed by atoms with E-state index in [4.69, 9.17) is 4.74 Å². The molecule has 8 nitrogen and oxygen atoms in total. The second-order valence-electron chi connectivity index (χ2n) is 6.44. The molecular formula is C17H22N4O4. The molecule has 0 unspecified atom stereocenters. The quantitative estimate of drug-likeness (QED) is 0.809. The Morgan fingerprint density at radius 2 is 1.84 bits per heavy atom. The molecule has 2 aliphatic heterocycles. The first-order chi connectivity index (χ1) is 12.0. The average molecular weight is 346 g/mol. The van der Waals surface area contributed by atoms with Crippen LogP contribution in [-0.2, 0) is 14.3 Å². The van der Waals surface area contributed by atoms with Crippen LogP contribution in [0.3, 0.4) is 0 Å². The number of ether oxygens (including phenoxy) is 1. The summed E-state index contributed by atoms with van der Waals surface area (Å²) in [6.07, 6.45) is 2.92. The van der Waals surface area contributed by atoms with E-state index < -0.39 is 0 Å². The van der Waals surface area contributed by atoms with Crippen molar-refractivity contribution < 1.29 is 19.1 Å². The smallest absolute Gasteiger partial charge is 0.321 e. The third-order valence-electron chi connectivity index (χ3n) is 4.57. The lowest BCUT2D eigenvalue weighted by atomic mass is 10.0. The largest absolute Gasteiger partial charge is 0.362 e. The first kappa shape index (κ1) is 17.3. The summed E-state index contributed by atoms with van der Waals surface area (Å²) >= 11 is 0. The van der Waals surface area contributed by atoms with Crippen molar-refractivity contribution in [1.82, 2.24) is 14.8 Å². The van der Waals surface area contributed by atoms with Crippen LogP contribution >= 0.6 is 0 Å². The maximum Gasteiger partial charge on any atom is 0.321 e. The van der Waals surface area contributed by atoms with Crippen LogP contribution in [-0.4, -0.2) is 65.0 Å². The van der Waals surface area contributed by atoms with E-state index in [0.29, 0.717) is 31.6 Å². The van der Waals surface area contributed by atoms with Crippen LogP contribution < -0.4 is 5.32 Å². The molecule has 0 radical (unpaired) electrons. The van der Waals surface area contributed by atoms with Gasteiger partial charge in [-0.15, -0.1) is 0 Å². The number of carbonyl (C=O) groups excluding carboxylic acids is 3. The molecule has 3 heterocycles. The van der Waals surface area contributed by atoms with Crippen LogP contribution in [0.5, 0.6) is 0 Å². The summed E-state index contributed by atoms with van der Waals surface area (Å²) in [5, 5.41) is 2.89. The Morgan fingerprint density at radius 3 is 2.48 bits per heavy atom. The van der Waals surface area contributed by atoms with Crippen LogP contribution in [0.15, 0.2) is 12.3 Å². The Morgan fingerprint density at radius 1 is 1.20 bits per heavy atom. The molecule has 2 fully saturated rings. The number of hydrogen-bond donors (Lipinski definition) is 1. The van der Waals surface area contributed by atoms with Gasteiger partial charge < -0.3 is 15.0 Å². The number of rotatable bonds is 2.